The normalized spacial score (nSPS) is 13.5. The molecule has 27 nitrogen and oxygen atoms in total. The van der Waals surface area contributed by atoms with Gasteiger partial charge in [-0.05, 0) is 48.6 Å². The number of carbonyl (C=O) groups excluding carboxylic acids is 4. The van der Waals surface area contributed by atoms with Crippen molar-refractivity contribution in [1.82, 2.24) is 53.2 Å². The van der Waals surface area contributed by atoms with Crippen molar-refractivity contribution in [3.05, 3.63) is 94.2 Å². The molecule has 0 saturated carbocycles. The van der Waals surface area contributed by atoms with E-state index in [1.54, 1.807) is 9.44 Å². The molecule has 4 N–H and O–H groups in total. The van der Waals surface area contributed by atoms with E-state index in [9.17, 15) is 53.6 Å². The third-order valence-electron chi connectivity index (χ3n) is 10.9. The summed E-state index contributed by atoms with van der Waals surface area (Å²) in [5, 5.41) is 3.67. The number of nitrogens with zero attached hydrogens (tertiary/aromatic N) is 11. The zero-order valence-electron chi connectivity index (χ0n) is 44.6. The average Bonchev–Trinajstić information content (AvgIpc) is 3.07. The van der Waals surface area contributed by atoms with E-state index in [0.29, 0.717) is 16.2 Å². The number of anilines is 3. The Morgan fingerprint density at radius 3 is 2.17 bits per heavy atom. The number of methoxy groups -OCH3 is 3. The molecule has 0 unspecified atom stereocenters. The molecule has 2 aromatic carbocycles. The van der Waals surface area contributed by atoms with Gasteiger partial charge in [0, 0.05) is 57.3 Å². The first kappa shape index (κ1) is 62.1. The van der Waals surface area contributed by atoms with Crippen molar-refractivity contribution in [2.45, 2.75) is 62.7 Å². The van der Waals surface area contributed by atoms with Crippen LogP contribution >= 0.6 is 11.5 Å². The predicted molar refractivity (Wildman–Crippen MR) is 284 cm³/mol. The second kappa shape index (κ2) is 26.0. The van der Waals surface area contributed by atoms with E-state index < -0.39 is 72.8 Å². The summed E-state index contributed by atoms with van der Waals surface area (Å²) < 4.78 is 132. The Kier molecular flexibility index (Phi) is 19.7. The van der Waals surface area contributed by atoms with Gasteiger partial charge in [0.15, 0.2) is 17.5 Å². The number of benzene rings is 2. The fraction of sp³-hybridized carbons (Fsp3) is 0.333. The Labute approximate surface area is 469 Å². The minimum absolute atomic E-state index is 0.0715. The molecule has 34 heteroatoms. The van der Waals surface area contributed by atoms with Gasteiger partial charge in [-0.1, -0.05) is 38.0 Å². The van der Waals surface area contributed by atoms with Crippen LogP contribution in [0.5, 0.6) is 23.5 Å². The van der Waals surface area contributed by atoms with Crippen LogP contribution in [-0.2, 0) is 44.2 Å². The molecule has 0 aliphatic carbocycles. The SMILES string of the molecule is C#CCN1C(=O)COc2cc(F)c(/N=c3\snc4n3CC(C)(C)C4)cc21.COc1cc(OC)nc(NC(=O)NS(=O)(=O)c2ncccc2C(=O)N(C)C)n1.COc1nc(C)nc(NC(=O)NS(=O)(=O)c2ccccc2CCC(F)(F)F)n1. The van der Waals surface area contributed by atoms with Crippen LogP contribution in [0.2, 0.25) is 0 Å². The van der Waals surface area contributed by atoms with Gasteiger partial charge in [-0.25, -0.2) is 41.8 Å². The minimum atomic E-state index is -4.46. The van der Waals surface area contributed by atoms with Crippen LogP contribution in [0.4, 0.5) is 50.4 Å². The number of aryl methyl sites for hydroxylation is 2. The molecule has 6 aromatic rings. The highest BCUT2D eigenvalue weighted by atomic mass is 32.2. The van der Waals surface area contributed by atoms with E-state index in [1.807, 2.05) is 4.57 Å². The summed E-state index contributed by atoms with van der Waals surface area (Å²) in [6.07, 6.45) is 1.21. The highest BCUT2D eigenvalue weighted by Crippen LogP contribution is 2.38. The van der Waals surface area contributed by atoms with E-state index in [4.69, 9.17) is 25.4 Å². The van der Waals surface area contributed by atoms with Gasteiger partial charge in [0.25, 0.3) is 31.9 Å². The average molecular weight is 1200 g/mol. The molecule has 436 valence electrons. The van der Waals surface area contributed by atoms with Crippen LogP contribution in [-0.4, -0.2) is 139 Å². The summed E-state index contributed by atoms with van der Waals surface area (Å²) in [5.74, 6) is 2.21. The van der Waals surface area contributed by atoms with Crippen molar-refractivity contribution in [2.24, 2.45) is 10.4 Å². The van der Waals surface area contributed by atoms with Gasteiger partial charge in [0.2, 0.25) is 28.5 Å². The number of ether oxygens (including phenoxy) is 4. The minimum Gasteiger partial charge on any atom is -0.481 e. The quantitative estimate of drug-likeness (QED) is 0.0858. The molecule has 0 fully saturated rings. The van der Waals surface area contributed by atoms with Crippen molar-refractivity contribution in [2.75, 3.05) is 64.1 Å². The van der Waals surface area contributed by atoms with Crippen molar-refractivity contribution in [1.29, 1.82) is 0 Å². The number of sulfonamides is 2. The van der Waals surface area contributed by atoms with Gasteiger partial charge >= 0.3 is 24.2 Å². The number of pyridine rings is 1. The van der Waals surface area contributed by atoms with Gasteiger partial charge in [-0.15, -0.1) is 6.42 Å². The maximum absolute atomic E-state index is 14.5. The maximum atomic E-state index is 14.5. The molecule has 2 aliphatic rings. The largest absolute Gasteiger partial charge is 0.481 e. The number of hydrogen-bond acceptors (Lipinski definition) is 21. The molecule has 0 saturated heterocycles. The topological polar surface area (TPSA) is 336 Å². The smallest absolute Gasteiger partial charge is 0.389 e. The lowest BCUT2D eigenvalue weighted by Crippen LogP contribution is -2.39. The number of aromatic nitrogens is 8. The monoisotopic (exact) mass is 1200 g/mol. The van der Waals surface area contributed by atoms with Crippen LogP contribution in [0.3, 0.4) is 0 Å². The number of hydrogen-bond donors (Lipinski definition) is 4. The lowest BCUT2D eigenvalue weighted by molar-refractivity contribution is -0.134. The molecule has 0 atom stereocenters. The Morgan fingerprint density at radius 2 is 1.55 bits per heavy atom. The number of fused-ring (bicyclic) bond motifs is 2. The highest BCUT2D eigenvalue weighted by Gasteiger charge is 2.33. The second-order valence-electron chi connectivity index (χ2n) is 18.0. The molecule has 6 amide bonds. The molecule has 8 rings (SSSR count). The van der Waals surface area contributed by atoms with E-state index in [2.05, 4.69) is 69.7 Å². The maximum Gasteiger partial charge on any atom is 0.389 e. The first-order valence-corrected chi connectivity index (χ1v) is 27.3. The number of alkyl halides is 3. The zero-order valence-corrected chi connectivity index (χ0v) is 47.1. The van der Waals surface area contributed by atoms with E-state index in [0.717, 1.165) is 24.9 Å². The summed E-state index contributed by atoms with van der Waals surface area (Å²) in [5.41, 5.74) is 0.419. The van der Waals surface area contributed by atoms with Crippen molar-refractivity contribution >= 4 is 78.7 Å². The fourth-order valence-corrected chi connectivity index (χ4v) is 10.4. The Bertz CT molecular complexity index is 3720. The number of nitrogens with one attached hydrogen (secondary N) is 4. The molecule has 0 radical (unpaired) electrons. The fourth-order valence-electron chi connectivity index (χ4n) is 7.38. The number of amides is 6. The van der Waals surface area contributed by atoms with Gasteiger partial charge in [0.05, 0.1) is 50.1 Å². The number of carbonyl (C=O) groups is 4. The van der Waals surface area contributed by atoms with Crippen molar-refractivity contribution < 1.29 is 72.5 Å². The molecule has 0 bridgehead atoms. The first-order chi connectivity index (χ1) is 38.5. The number of terminal acetylenes is 1. The third kappa shape index (κ3) is 16.3. The van der Waals surface area contributed by atoms with Crippen molar-refractivity contribution in [3.8, 4) is 35.9 Å². The van der Waals surface area contributed by atoms with E-state index >= 15 is 0 Å². The molecular weight excluding hydrogens is 1150 g/mol. The second-order valence-corrected chi connectivity index (χ2v) is 22.0. The number of urea groups is 2. The van der Waals surface area contributed by atoms with E-state index in [-0.39, 0.29) is 76.8 Å². The number of rotatable bonds is 14. The van der Waals surface area contributed by atoms with Crippen LogP contribution in [0, 0.1) is 30.5 Å². The first-order valence-electron chi connectivity index (χ1n) is 23.6. The summed E-state index contributed by atoms with van der Waals surface area (Å²) in [4.78, 5) is 78.4. The van der Waals surface area contributed by atoms with Crippen LogP contribution < -0.4 is 48.7 Å². The summed E-state index contributed by atoms with van der Waals surface area (Å²) in [7, 11) is -1.99. The molecule has 2 aliphatic heterocycles. The summed E-state index contributed by atoms with van der Waals surface area (Å²) >= 11 is 1.24. The Balaban J connectivity index is 0.000000198. The standard InChI is InChI=1S/C18H17FN4O2S.C15H16F3N5O4S.C15H18N6O6S/c1-4-5-22-13-7-12(11(19)6-14(13)25-9-16(22)24)20-17-23-10-18(2,3)8-15(23)21-26-17;1-9-19-12(22-14(20-9)27-2)21-13(24)23-28(25,26)11-6-4-3-5-10(11)7-8-15(16,17)18;1-21(2)13(22)9-6-5-7-16-12(9)28(24,25)20-15(23)19-14-17-10(26-3)8-11(18-14)27-4/h1,6-7H,5,8-10H2,2-3H3;3-6H,7-8H2,1-2H3,(H2,19,20,21,22,23,24);5-8H,1-4H3,(H2,17,18,19,20,23)/b20-17-;;. The van der Waals surface area contributed by atoms with Gasteiger partial charge < -0.3 is 28.4 Å². The lowest BCUT2D eigenvalue weighted by atomic mass is 9.92. The third-order valence-corrected chi connectivity index (χ3v) is 14.4. The zero-order chi connectivity index (χ0) is 60.3. The molecule has 4 aromatic heterocycles. The van der Waals surface area contributed by atoms with E-state index in [1.165, 1.54) is 118 Å². The molecule has 6 heterocycles. The predicted octanol–water partition coefficient (Wildman–Crippen LogP) is 4.55. The molecular formula is C48H51F4N15O12S3. The van der Waals surface area contributed by atoms with Crippen LogP contribution in [0.15, 0.2) is 75.7 Å². The highest BCUT2D eigenvalue weighted by molar-refractivity contribution is 7.90. The summed E-state index contributed by atoms with van der Waals surface area (Å²) in [6, 6.07) is 9.47. The number of halogens is 4. The van der Waals surface area contributed by atoms with Crippen molar-refractivity contribution in [3.63, 3.8) is 0 Å². The summed E-state index contributed by atoms with van der Waals surface area (Å²) in [6.45, 7) is 6.56. The Morgan fingerprint density at radius 1 is 0.902 bits per heavy atom. The van der Waals surface area contributed by atoms with Gasteiger partial charge in [-0.2, -0.15) is 50.9 Å². The Hall–Kier alpha value is -9.10. The van der Waals surface area contributed by atoms with Crippen LogP contribution in [0.1, 0.15) is 47.8 Å². The molecule has 82 heavy (non-hydrogen) atoms. The molecule has 0 spiro atoms. The lowest BCUT2D eigenvalue weighted by Gasteiger charge is -2.28. The van der Waals surface area contributed by atoms with Crippen LogP contribution in [0.25, 0.3) is 0 Å². The van der Waals surface area contributed by atoms with Gasteiger partial charge in [0.1, 0.15) is 23.1 Å². The van der Waals surface area contributed by atoms with Gasteiger partial charge in [-0.3, -0.25) is 25.1 Å².